The first-order valence-electron chi connectivity index (χ1n) is 9.07. The predicted octanol–water partition coefficient (Wildman–Crippen LogP) is 7.62. The second kappa shape index (κ2) is 17.4. The SMILES string of the molecule is C=C1\C=C/C=C/C=C/C=C/C=C/C=C\C=C\C=C\C=C\C=C\C=C\C=C/C1. The summed E-state index contributed by atoms with van der Waals surface area (Å²) < 4.78 is 0. The number of hydrogen-bond donors (Lipinski definition) is 0. The van der Waals surface area contributed by atoms with Crippen LogP contribution in [0.15, 0.2) is 158 Å². The molecule has 136 valence electrons. The molecule has 0 bridgehead atoms. The summed E-state index contributed by atoms with van der Waals surface area (Å²) in [6.07, 6.45) is 49.0. The summed E-state index contributed by atoms with van der Waals surface area (Å²) in [7, 11) is 0. The Kier molecular flexibility index (Phi) is 14.0. The van der Waals surface area contributed by atoms with Crippen LogP contribution in [0.2, 0.25) is 0 Å². The maximum atomic E-state index is 4.05. The van der Waals surface area contributed by atoms with Crippen molar-refractivity contribution < 1.29 is 0 Å². The lowest BCUT2D eigenvalue weighted by Crippen LogP contribution is -1.70. The van der Waals surface area contributed by atoms with Crippen LogP contribution < -0.4 is 0 Å². The van der Waals surface area contributed by atoms with Gasteiger partial charge in [0.05, 0.1) is 0 Å². The minimum absolute atomic E-state index is 0.843. The number of rotatable bonds is 0. The molecule has 0 aliphatic heterocycles. The van der Waals surface area contributed by atoms with Crippen LogP contribution in [0, 0.1) is 0 Å². The molecule has 0 aromatic heterocycles. The van der Waals surface area contributed by atoms with E-state index in [-0.39, 0.29) is 0 Å². The van der Waals surface area contributed by atoms with Gasteiger partial charge in [-0.2, -0.15) is 0 Å². The van der Waals surface area contributed by atoms with Crippen molar-refractivity contribution in [2.75, 3.05) is 0 Å². The Balaban J connectivity index is 2.69. The van der Waals surface area contributed by atoms with E-state index in [0.717, 1.165) is 12.0 Å². The maximum Gasteiger partial charge on any atom is -0.0100 e. The molecule has 0 amide bonds. The van der Waals surface area contributed by atoms with Gasteiger partial charge in [0.2, 0.25) is 0 Å². The third-order valence-corrected chi connectivity index (χ3v) is 3.18. The molecule has 0 heteroatoms. The van der Waals surface area contributed by atoms with Crippen molar-refractivity contribution in [1.29, 1.82) is 0 Å². The van der Waals surface area contributed by atoms with Crippen molar-refractivity contribution in [3.05, 3.63) is 158 Å². The van der Waals surface area contributed by atoms with E-state index in [1.165, 1.54) is 0 Å². The molecule has 1 rings (SSSR count). The minimum atomic E-state index is 0.843. The van der Waals surface area contributed by atoms with E-state index in [1.807, 2.05) is 140 Å². The molecule has 0 heterocycles. The highest BCUT2D eigenvalue weighted by atomic mass is 13.9. The Bertz CT molecular complexity index is 761. The molecular formula is C27H28. The Labute approximate surface area is 164 Å². The molecule has 1 aliphatic carbocycles. The first-order chi connectivity index (χ1) is 13.4. The summed E-state index contributed by atoms with van der Waals surface area (Å²) in [5, 5.41) is 0. The van der Waals surface area contributed by atoms with Gasteiger partial charge in [0.25, 0.3) is 0 Å². The quantitative estimate of drug-likeness (QED) is 0.420. The highest BCUT2D eigenvalue weighted by molar-refractivity contribution is 5.26. The highest BCUT2D eigenvalue weighted by Crippen LogP contribution is 2.01. The van der Waals surface area contributed by atoms with Gasteiger partial charge in [-0.3, -0.25) is 0 Å². The fourth-order valence-electron chi connectivity index (χ4n) is 1.84. The fourth-order valence-corrected chi connectivity index (χ4v) is 1.84. The fraction of sp³-hybridized carbons (Fsp3) is 0.0370. The van der Waals surface area contributed by atoms with Gasteiger partial charge in [0.1, 0.15) is 0 Å². The van der Waals surface area contributed by atoms with E-state index in [1.54, 1.807) is 0 Å². The maximum absolute atomic E-state index is 4.05. The van der Waals surface area contributed by atoms with Gasteiger partial charge < -0.3 is 0 Å². The third kappa shape index (κ3) is 15.9. The Morgan fingerprint density at radius 2 is 0.630 bits per heavy atom. The van der Waals surface area contributed by atoms with Crippen LogP contribution in [0.25, 0.3) is 0 Å². The van der Waals surface area contributed by atoms with E-state index in [0.29, 0.717) is 0 Å². The summed E-state index contributed by atoms with van der Waals surface area (Å²) >= 11 is 0. The topological polar surface area (TPSA) is 0 Å². The summed E-state index contributed by atoms with van der Waals surface area (Å²) in [6, 6.07) is 0. The molecule has 0 aromatic carbocycles. The molecular weight excluding hydrogens is 324 g/mol. The zero-order chi connectivity index (χ0) is 19.3. The van der Waals surface area contributed by atoms with E-state index in [2.05, 4.69) is 12.7 Å². The Hall–Kier alpha value is -3.38. The van der Waals surface area contributed by atoms with Gasteiger partial charge in [-0.1, -0.05) is 158 Å². The number of hydrogen-bond acceptors (Lipinski definition) is 0. The van der Waals surface area contributed by atoms with Crippen LogP contribution in [-0.2, 0) is 0 Å². The lowest BCUT2D eigenvalue weighted by Gasteiger charge is -1.90. The monoisotopic (exact) mass is 352 g/mol. The van der Waals surface area contributed by atoms with Gasteiger partial charge in [0, 0.05) is 0 Å². The summed E-state index contributed by atoms with van der Waals surface area (Å²) in [6.45, 7) is 4.05. The second-order valence-corrected chi connectivity index (χ2v) is 5.50. The molecule has 0 N–H and O–H groups in total. The summed E-state index contributed by atoms with van der Waals surface area (Å²) in [5.74, 6) is 0. The number of allylic oxidation sites excluding steroid dienone is 25. The van der Waals surface area contributed by atoms with Gasteiger partial charge in [-0.05, 0) is 6.42 Å². The molecule has 0 saturated carbocycles. The smallest absolute Gasteiger partial charge is 0.0100 e. The molecule has 0 spiro atoms. The molecule has 0 radical (unpaired) electrons. The van der Waals surface area contributed by atoms with Crippen molar-refractivity contribution in [3.8, 4) is 0 Å². The Morgan fingerprint density at radius 1 is 0.370 bits per heavy atom. The van der Waals surface area contributed by atoms with Gasteiger partial charge in [-0.25, -0.2) is 0 Å². The zero-order valence-corrected chi connectivity index (χ0v) is 15.8. The van der Waals surface area contributed by atoms with Crippen LogP contribution in [0.3, 0.4) is 0 Å². The van der Waals surface area contributed by atoms with Gasteiger partial charge >= 0.3 is 0 Å². The minimum Gasteiger partial charge on any atom is -0.0955 e. The van der Waals surface area contributed by atoms with E-state index in [9.17, 15) is 0 Å². The molecule has 0 atom stereocenters. The first-order valence-corrected chi connectivity index (χ1v) is 9.07. The van der Waals surface area contributed by atoms with E-state index in [4.69, 9.17) is 0 Å². The van der Waals surface area contributed by atoms with Crippen molar-refractivity contribution in [2.45, 2.75) is 6.42 Å². The van der Waals surface area contributed by atoms with Gasteiger partial charge in [0.15, 0.2) is 0 Å². The molecule has 27 heavy (non-hydrogen) atoms. The second-order valence-electron chi connectivity index (χ2n) is 5.50. The average molecular weight is 353 g/mol. The van der Waals surface area contributed by atoms with Crippen LogP contribution in [0.5, 0.6) is 0 Å². The van der Waals surface area contributed by atoms with Gasteiger partial charge in [-0.15, -0.1) is 0 Å². The van der Waals surface area contributed by atoms with Crippen molar-refractivity contribution >= 4 is 0 Å². The van der Waals surface area contributed by atoms with E-state index < -0.39 is 0 Å². The zero-order valence-electron chi connectivity index (χ0n) is 15.8. The van der Waals surface area contributed by atoms with Crippen molar-refractivity contribution in [1.82, 2.24) is 0 Å². The normalized spacial score (nSPS) is 30.7. The van der Waals surface area contributed by atoms with Crippen molar-refractivity contribution in [3.63, 3.8) is 0 Å². The lowest BCUT2D eigenvalue weighted by atomic mass is 10.2. The molecule has 0 saturated heterocycles. The van der Waals surface area contributed by atoms with Crippen LogP contribution >= 0.6 is 0 Å². The molecule has 0 nitrogen and oxygen atoms in total. The lowest BCUT2D eigenvalue weighted by molar-refractivity contribution is 1.30. The largest absolute Gasteiger partial charge is 0.0955 e. The van der Waals surface area contributed by atoms with Crippen LogP contribution in [-0.4, -0.2) is 0 Å². The highest BCUT2D eigenvalue weighted by Gasteiger charge is 1.81. The molecule has 0 unspecified atom stereocenters. The van der Waals surface area contributed by atoms with Crippen LogP contribution in [0.1, 0.15) is 6.42 Å². The predicted molar refractivity (Wildman–Crippen MR) is 123 cm³/mol. The van der Waals surface area contributed by atoms with E-state index >= 15 is 0 Å². The summed E-state index contributed by atoms with van der Waals surface area (Å²) in [5.41, 5.74) is 1.08. The van der Waals surface area contributed by atoms with Crippen molar-refractivity contribution in [2.24, 2.45) is 0 Å². The molecule has 1 aliphatic rings. The summed E-state index contributed by atoms with van der Waals surface area (Å²) in [4.78, 5) is 0. The molecule has 0 fully saturated rings. The first kappa shape index (κ1) is 21.7. The van der Waals surface area contributed by atoms with Crippen LogP contribution in [0.4, 0.5) is 0 Å². The third-order valence-electron chi connectivity index (χ3n) is 3.18. The standard InChI is InChI=1S/C27H28/c1-27-25-23-21-19-17-15-13-11-9-7-5-3-2-4-6-8-10-12-14-16-18-20-22-24-26-27/h2-25H,1,26H2/b4-2+,5-3-,8-6+,9-7+,12-10+,13-11+,16-14+,17-15+,20-18+,21-19+,24-22-,25-23-. The average Bonchev–Trinajstić information content (AvgIpc) is 2.67. The Morgan fingerprint density at radius 3 is 0.963 bits per heavy atom. The molecule has 0 aromatic rings.